The zero-order valence-corrected chi connectivity index (χ0v) is 17.7. The molecule has 30 heavy (non-hydrogen) atoms. The van der Waals surface area contributed by atoms with E-state index in [1.165, 1.54) is 6.07 Å². The lowest BCUT2D eigenvalue weighted by molar-refractivity contribution is 0.0730. The lowest BCUT2D eigenvalue weighted by atomic mass is 9.97. The van der Waals surface area contributed by atoms with E-state index in [2.05, 4.69) is 15.3 Å². The minimum Gasteiger partial charge on any atom is -0.508 e. The number of hydrogen-bond acceptors (Lipinski definition) is 8. The number of nitrogens with zero attached hydrogens (tertiary/aromatic N) is 3. The maximum atomic E-state index is 13.1. The molecule has 1 aliphatic heterocycles. The Labute approximate surface area is 175 Å². The normalized spacial score (nSPS) is 13.3. The molecule has 0 saturated carbocycles. The molecule has 9 heteroatoms. The van der Waals surface area contributed by atoms with Gasteiger partial charge in [-0.05, 0) is 17.5 Å². The monoisotopic (exact) mass is 416 g/mol. The highest BCUT2D eigenvalue weighted by Gasteiger charge is 2.28. The van der Waals surface area contributed by atoms with Gasteiger partial charge in [0, 0.05) is 38.8 Å². The SMILES string of the molecule is CNc1nc(OCCOC)nc2c1CN(C(=O)c1cc(C(C)C)c(O)cc1O)CC2. The van der Waals surface area contributed by atoms with Crippen LogP contribution in [0.5, 0.6) is 17.5 Å². The molecule has 0 unspecified atom stereocenters. The summed E-state index contributed by atoms with van der Waals surface area (Å²) >= 11 is 0. The summed E-state index contributed by atoms with van der Waals surface area (Å²) in [5, 5.41) is 23.4. The Balaban J connectivity index is 1.86. The predicted octanol–water partition coefficient (Wildman–Crippen LogP) is 2.28. The van der Waals surface area contributed by atoms with Crippen LogP contribution in [0.2, 0.25) is 0 Å². The lowest BCUT2D eigenvalue weighted by Crippen LogP contribution is -2.37. The van der Waals surface area contributed by atoms with Crippen molar-refractivity contribution in [1.29, 1.82) is 0 Å². The van der Waals surface area contributed by atoms with Crippen molar-refractivity contribution in [2.75, 3.05) is 39.2 Å². The summed E-state index contributed by atoms with van der Waals surface area (Å²) in [6.45, 7) is 5.37. The second-order valence-electron chi connectivity index (χ2n) is 7.43. The molecule has 0 atom stereocenters. The fourth-order valence-electron chi connectivity index (χ4n) is 3.45. The molecule has 0 bridgehead atoms. The number of methoxy groups -OCH3 is 1. The molecular weight excluding hydrogens is 388 g/mol. The third kappa shape index (κ3) is 4.40. The van der Waals surface area contributed by atoms with Gasteiger partial charge in [0.05, 0.1) is 24.4 Å². The van der Waals surface area contributed by atoms with Crippen LogP contribution in [0.1, 0.15) is 46.9 Å². The number of benzene rings is 1. The fourth-order valence-corrected chi connectivity index (χ4v) is 3.45. The number of ether oxygens (including phenoxy) is 2. The van der Waals surface area contributed by atoms with Gasteiger partial charge in [-0.15, -0.1) is 0 Å². The Morgan fingerprint density at radius 3 is 2.67 bits per heavy atom. The average molecular weight is 416 g/mol. The van der Waals surface area contributed by atoms with Gasteiger partial charge >= 0.3 is 6.01 Å². The topological polar surface area (TPSA) is 117 Å². The van der Waals surface area contributed by atoms with Gasteiger partial charge in [-0.1, -0.05) is 13.8 Å². The Morgan fingerprint density at radius 2 is 2.00 bits per heavy atom. The van der Waals surface area contributed by atoms with Gasteiger partial charge < -0.3 is 29.9 Å². The van der Waals surface area contributed by atoms with Gasteiger partial charge in [-0.3, -0.25) is 4.79 Å². The van der Waals surface area contributed by atoms with Crippen LogP contribution in [0.3, 0.4) is 0 Å². The molecule has 0 spiro atoms. The van der Waals surface area contributed by atoms with E-state index in [-0.39, 0.29) is 34.9 Å². The largest absolute Gasteiger partial charge is 0.508 e. The first-order chi connectivity index (χ1) is 14.3. The number of carbonyl (C=O) groups excluding carboxylic acids is 1. The van der Waals surface area contributed by atoms with Crippen LogP contribution >= 0.6 is 0 Å². The van der Waals surface area contributed by atoms with E-state index in [9.17, 15) is 15.0 Å². The summed E-state index contributed by atoms with van der Waals surface area (Å²) in [5.41, 5.74) is 2.43. The first-order valence-electron chi connectivity index (χ1n) is 9.90. The number of nitrogens with one attached hydrogen (secondary N) is 1. The maximum Gasteiger partial charge on any atom is 0.318 e. The van der Waals surface area contributed by atoms with Crippen LogP contribution in [0.15, 0.2) is 12.1 Å². The summed E-state index contributed by atoms with van der Waals surface area (Å²) in [4.78, 5) is 23.7. The molecule has 1 aliphatic rings. The highest BCUT2D eigenvalue weighted by molar-refractivity contribution is 5.97. The number of rotatable bonds is 7. The molecule has 1 aromatic carbocycles. The molecule has 2 aromatic rings. The molecule has 0 fully saturated rings. The van der Waals surface area contributed by atoms with E-state index in [0.29, 0.717) is 44.1 Å². The Hall–Kier alpha value is -3.07. The molecule has 0 saturated heterocycles. The van der Waals surface area contributed by atoms with Crippen LogP contribution in [0.4, 0.5) is 5.82 Å². The van der Waals surface area contributed by atoms with E-state index in [4.69, 9.17) is 9.47 Å². The van der Waals surface area contributed by atoms with E-state index >= 15 is 0 Å². The van der Waals surface area contributed by atoms with Gasteiger partial charge in [0.2, 0.25) is 0 Å². The number of aromatic nitrogens is 2. The molecular formula is C21H28N4O5. The Morgan fingerprint density at radius 1 is 1.23 bits per heavy atom. The molecule has 1 aromatic heterocycles. The standard InChI is InChI=1S/C21H28N4O5/c1-12(2)13-9-14(18(27)10-17(13)26)20(28)25-6-5-16-15(11-25)19(22-3)24-21(23-16)30-8-7-29-4/h9-10,12,26-27H,5-8,11H2,1-4H3,(H,22,23,24). The number of amides is 1. The van der Waals surface area contributed by atoms with Crippen molar-refractivity contribution in [3.05, 3.63) is 34.5 Å². The molecule has 3 rings (SSSR count). The van der Waals surface area contributed by atoms with E-state index < -0.39 is 0 Å². The third-order valence-corrected chi connectivity index (χ3v) is 5.08. The highest BCUT2D eigenvalue weighted by Crippen LogP contribution is 2.34. The fraction of sp³-hybridized carbons (Fsp3) is 0.476. The Kier molecular flexibility index (Phi) is 6.61. The molecule has 3 N–H and O–H groups in total. The first-order valence-corrected chi connectivity index (χ1v) is 9.90. The molecule has 0 aliphatic carbocycles. The molecule has 0 radical (unpaired) electrons. The second kappa shape index (κ2) is 9.17. The number of fused-ring (bicyclic) bond motifs is 1. The van der Waals surface area contributed by atoms with Crippen molar-refractivity contribution in [2.45, 2.75) is 32.7 Å². The average Bonchev–Trinajstić information content (AvgIpc) is 2.72. The van der Waals surface area contributed by atoms with Crippen LogP contribution in [0, 0.1) is 0 Å². The zero-order valence-electron chi connectivity index (χ0n) is 17.7. The summed E-state index contributed by atoms with van der Waals surface area (Å²) in [7, 11) is 3.35. The molecule has 1 amide bonds. The highest BCUT2D eigenvalue weighted by atomic mass is 16.5. The third-order valence-electron chi connectivity index (χ3n) is 5.08. The van der Waals surface area contributed by atoms with Gasteiger partial charge in [0.25, 0.3) is 5.91 Å². The van der Waals surface area contributed by atoms with Gasteiger partial charge in [0.1, 0.15) is 23.9 Å². The molecule has 9 nitrogen and oxygen atoms in total. The minimum absolute atomic E-state index is 0.0139. The number of phenolic OH excluding ortho intramolecular Hbond substituents is 2. The van der Waals surface area contributed by atoms with E-state index in [1.807, 2.05) is 13.8 Å². The van der Waals surface area contributed by atoms with E-state index in [1.54, 1.807) is 25.1 Å². The number of anilines is 1. The van der Waals surface area contributed by atoms with Crippen molar-refractivity contribution >= 4 is 11.7 Å². The summed E-state index contributed by atoms with van der Waals surface area (Å²) < 4.78 is 10.5. The smallest absolute Gasteiger partial charge is 0.318 e. The molecule has 2 heterocycles. The summed E-state index contributed by atoms with van der Waals surface area (Å²) in [6.07, 6.45) is 0.537. The van der Waals surface area contributed by atoms with Crippen molar-refractivity contribution in [3.8, 4) is 17.5 Å². The number of hydrogen-bond donors (Lipinski definition) is 3. The van der Waals surface area contributed by atoms with Gasteiger partial charge in [-0.25, -0.2) is 0 Å². The lowest BCUT2D eigenvalue weighted by Gasteiger charge is -2.30. The zero-order chi connectivity index (χ0) is 21.8. The summed E-state index contributed by atoms with van der Waals surface area (Å²) in [5.74, 6) is 0.0554. The quantitative estimate of drug-likeness (QED) is 0.589. The van der Waals surface area contributed by atoms with Crippen LogP contribution in [-0.4, -0.2) is 64.9 Å². The van der Waals surface area contributed by atoms with E-state index in [0.717, 1.165) is 11.3 Å². The first kappa shape index (κ1) is 21.6. The van der Waals surface area contributed by atoms with Gasteiger partial charge in [-0.2, -0.15) is 9.97 Å². The summed E-state index contributed by atoms with van der Waals surface area (Å²) in [6, 6.07) is 3.06. The van der Waals surface area contributed by atoms with Crippen molar-refractivity contribution < 1.29 is 24.5 Å². The van der Waals surface area contributed by atoms with Crippen LogP contribution in [0.25, 0.3) is 0 Å². The number of aromatic hydroxyl groups is 2. The minimum atomic E-state index is -0.303. The second-order valence-corrected chi connectivity index (χ2v) is 7.43. The van der Waals surface area contributed by atoms with Crippen LogP contribution < -0.4 is 10.1 Å². The van der Waals surface area contributed by atoms with Crippen LogP contribution in [-0.2, 0) is 17.7 Å². The Bertz CT molecular complexity index is 915. The maximum absolute atomic E-state index is 13.1. The van der Waals surface area contributed by atoms with Gasteiger partial charge in [0.15, 0.2) is 0 Å². The number of phenols is 2. The van der Waals surface area contributed by atoms with Crippen molar-refractivity contribution in [3.63, 3.8) is 0 Å². The number of carbonyl (C=O) groups is 1. The molecule has 162 valence electrons. The predicted molar refractivity (Wildman–Crippen MR) is 111 cm³/mol. The van der Waals surface area contributed by atoms with Crippen molar-refractivity contribution in [2.24, 2.45) is 0 Å². The van der Waals surface area contributed by atoms with Crippen molar-refractivity contribution in [1.82, 2.24) is 14.9 Å².